The van der Waals surface area contributed by atoms with Gasteiger partial charge in [-0.05, 0) is 55.8 Å². The number of nitrogens with zero attached hydrogens (tertiary/aromatic N) is 4. The minimum absolute atomic E-state index is 0.167. The lowest BCUT2D eigenvalue weighted by molar-refractivity contribution is 0.160. The van der Waals surface area contributed by atoms with Crippen molar-refractivity contribution in [3.05, 3.63) is 63.8 Å². The zero-order valence-electron chi connectivity index (χ0n) is 14.9. The van der Waals surface area contributed by atoms with Crippen LogP contribution in [0.25, 0.3) is 5.78 Å². The molecule has 4 rings (SSSR count). The van der Waals surface area contributed by atoms with E-state index in [1.165, 1.54) is 29.0 Å². The Morgan fingerprint density at radius 2 is 2.11 bits per heavy atom. The van der Waals surface area contributed by atoms with Crippen molar-refractivity contribution in [2.24, 2.45) is 5.92 Å². The van der Waals surface area contributed by atoms with Crippen LogP contribution in [0.5, 0.6) is 0 Å². The van der Waals surface area contributed by atoms with E-state index < -0.39 is 11.6 Å². The molecule has 8 heteroatoms. The number of piperidine rings is 1. The third-order valence-electron chi connectivity index (χ3n) is 5.13. The van der Waals surface area contributed by atoms with Crippen LogP contribution in [0.2, 0.25) is 0 Å². The molecule has 142 valence electrons. The lowest BCUT2D eigenvalue weighted by atomic mass is 9.91. The molecule has 1 unspecified atom stereocenters. The fraction of sp³-hybridized carbons (Fsp3) is 0.421. The molecule has 1 aliphatic heterocycles. The quantitative estimate of drug-likeness (QED) is 0.746. The number of aromatic amines is 1. The Hall–Kier alpha value is -2.61. The van der Waals surface area contributed by atoms with Crippen molar-refractivity contribution in [3.63, 3.8) is 0 Å². The minimum atomic E-state index is -0.806. The minimum Gasteiger partial charge on any atom is -0.297 e. The zero-order valence-corrected chi connectivity index (χ0v) is 14.9. The summed E-state index contributed by atoms with van der Waals surface area (Å²) in [5.74, 6) is -0.727. The molecule has 3 heterocycles. The molecule has 0 spiro atoms. The van der Waals surface area contributed by atoms with Gasteiger partial charge in [0.2, 0.25) is 0 Å². The second-order valence-electron chi connectivity index (χ2n) is 7.14. The highest BCUT2D eigenvalue weighted by molar-refractivity contribution is 5.26. The van der Waals surface area contributed by atoms with E-state index in [4.69, 9.17) is 0 Å². The molecule has 1 atom stereocenters. The van der Waals surface area contributed by atoms with Crippen molar-refractivity contribution < 1.29 is 8.78 Å². The van der Waals surface area contributed by atoms with Gasteiger partial charge in [0.25, 0.3) is 11.3 Å². The summed E-state index contributed by atoms with van der Waals surface area (Å²) in [5, 5.41) is 2.73. The average molecular weight is 373 g/mol. The highest BCUT2D eigenvalue weighted by atomic mass is 19.2. The number of halogens is 2. The lowest BCUT2D eigenvalue weighted by Crippen LogP contribution is -2.35. The largest absolute Gasteiger partial charge is 0.297 e. The summed E-state index contributed by atoms with van der Waals surface area (Å²) in [6.45, 7) is 2.48. The van der Waals surface area contributed by atoms with Crippen molar-refractivity contribution in [2.45, 2.75) is 32.2 Å². The highest BCUT2D eigenvalue weighted by Crippen LogP contribution is 2.23. The zero-order chi connectivity index (χ0) is 18.8. The van der Waals surface area contributed by atoms with Crippen LogP contribution in [0.1, 0.15) is 30.5 Å². The van der Waals surface area contributed by atoms with Crippen LogP contribution >= 0.6 is 0 Å². The second-order valence-corrected chi connectivity index (χ2v) is 7.14. The van der Waals surface area contributed by atoms with Gasteiger partial charge in [-0.15, -0.1) is 0 Å². The Balaban J connectivity index is 1.37. The van der Waals surface area contributed by atoms with Crippen LogP contribution in [-0.2, 0) is 13.0 Å². The number of nitrogens with one attached hydrogen (secondary N) is 1. The SMILES string of the molecule is O=c1cc(CN2CCCC(CCc3ccc(F)c(F)c3)C2)nc2nc[nH]n12. The summed E-state index contributed by atoms with van der Waals surface area (Å²) < 4.78 is 27.7. The van der Waals surface area contributed by atoms with Crippen LogP contribution in [0.4, 0.5) is 8.78 Å². The molecule has 1 fully saturated rings. The van der Waals surface area contributed by atoms with Crippen LogP contribution in [0.15, 0.2) is 35.4 Å². The molecule has 0 amide bonds. The fourth-order valence-corrected chi connectivity index (χ4v) is 3.78. The summed E-state index contributed by atoms with van der Waals surface area (Å²) in [4.78, 5) is 22.8. The number of likely N-dealkylation sites (tertiary alicyclic amines) is 1. The third-order valence-corrected chi connectivity index (χ3v) is 5.13. The first kappa shape index (κ1) is 17.8. The van der Waals surface area contributed by atoms with E-state index in [1.807, 2.05) is 0 Å². The van der Waals surface area contributed by atoms with Crippen LogP contribution < -0.4 is 5.56 Å². The highest BCUT2D eigenvalue weighted by Gasteiger charge is 2.21. The molecule has 0 saturated carbocycles. The van der Waals surface area contributed by atoms with E-state index in [2.05, 4.69) is 20.0 Å². The van der Waals surface area contributed by atoms with E-state index in [9.17, 15) is 13.6 Å². The van der Waals surface area contributed by atoms with Crippen LogP contribution in [0, 0.1) is 17.6 Å². The number of aryl methyl sites for hydroxylation is 1. The summed E-state index contributed by atoms with van der Waals surface area (Å²) in [5.41, 5.74) is 1.37. The first-order valence-electron chi connectivity index (χ1n) is 9.17. The van der Waals surface area contributed by atoms with Crippen molar-refractivity contribution in [1.29, 1.82) is 0 Å². The van der Waals surface area contributed by atoms with E-state index in [1.54, 1.807) is 6.07 Å². The molecule has 6 nitrogen and oxygen atoms in total. The number of hydrogen-bond acceptors (Lipinski definition) is 4. The molecule has 2 aromatic heterocycles. The predicted molar refractivity (Wildman–Crippen MR) is 96.3 cm³/mol. The monoisotopic (exact) mass is 373 g/mol. The van der Waals surface area contributed by atoms with Gasteiger partial charge in [0.05, 0.1) is 5.69 Å². The predicted octanol–water partition coefficient (Wildman–Crippen LogP) is 2.54. The Labute approximate surface area is 154 Å². The normalized spacial score (nSPS) is 18.2. The fourth-order valence-electron chi connectivity index (χ4n) is 3.78. The molecule has 1 aromatic carbocycles. The first-order valence-corrected chi connectivity index (χ1v) is 9.17. The van der Waals surface area contributed by atoms with E-state index >= 15 is 0 Å². The van der Waals surface area contributed by atoms with E-state index in [-0.39, 0.29) is 5.56 Å². The summed E-state index contributed by atoms with van der Waals surface area (Å²) in [7, 11) is 0. The molecule has 1 saturated heterocycles. The maximum absolute atomic E-state index is 13.3. The Morgan fingerprint density at radius 1 is 1.22 bits per heavy atom. The van der Waals surface area contributed by atoms with Gasteiger partial charge in [0, 0.05) is 19.2 Å². The topological polar surface area (TPSA) is 66.3 Å². The molecular weight excluding hydrogens is 352 g/mol. The number of aromatic nitrogens is 4. The lowest BCUT2D eigenvalue weighted by Gasteiger charge is -2.32. The van der Waals surface area contributed by atoms with Gasteiger partial charge >= 0.3 is 0 Å². The average Bonchev–Trinajstić information content (AvgIpc) is 3.12. The molecule has 0 aliphatic carbocycles. The number of benzene rings is 1. The number of fused-ring (bicyclic) bond motifs is 1. The maximum Gasteiger partial charge on any atom is 0.274 e. The van der Waals surface area contributed by atoms with Crippen molar-refractivity contribution in [2.75, 3.05) is 13.1 Å². The van der Waals surface area contributed by atoms with Gasteiger partial charge in [-0.1, -0.05) is 6.07 Å². The summed E-state index contributed by atoms with van der Waals surface area (Å²) in [6.07, 6.45) is 5.30. The first-order chi connectivity index (χ1) is 13.1. The van der Waals surface area contributed by atoms with Gasteiger partial charge in [0.1, 0.15) is 6.33 Å². The van der Waals surface area contributed by atoms with Gasteiger partial charge in [-0.25, -0.2) is 18.7 Å². The number of rotatable bonds is 5. The third kappa shape index (κ3) is 4.05. The molecule has 0 bridgehead atoms. The Morgan fingerprint density at radius 3 is 2.96 bits per heavy atom. The molecule has 1 aliphatic rings. The number of hydrogen-bond donors (Lipinski definition) is 1. The van der Waals surface area contributed by atoms with Gasteiger partial charge < -0.3 is 0 Å². The summed E-state index contributed by atoms with van der Waals surface area (Å²) in [6, 6.07) is 5.66. The van der Waals surface area contributed by atoms with Crippen molar-refractivity contribution >= 4 is 5.78 Å². The smallest absolute Gasteiger partial charge is 0.274 e. The Kier molecular flexibility index (Phi) is 4.98. The summed E-state index contributed by atoms with van der Waals surface area (Å²) >= 11 is 0. The Bertz CT molecular complexity index is 999. The molecule has 27 heavy (non-hydrogen) atoms. The molecule has 0 radical (unpaired) electrons. The maximum atomic E-state index is 13.3. The number of H-pyrrole nitrogens is 1. The van der Waals surface area contributed by atoms with Gasteiger partial charge in [0.15, 0.2) is 11.6 Å². The van der Waals surface area contributed by atoms with Gasteiger partial charge in [-0.2, -0.15) is 4.52 Å². The van der Waals surface area contributed by atoms with E-state index in [0.717, 1.165) is 44.3 Å². The molecular formula is C19H21F2N5O. The van der Waals surface area contributed by atoms with Crippen molar-refractivity contribution in [1.82, 2.24) is 24.5 Å². The van der Waals surface area contributed by atoms with E-state index in [0.29, 0.717) is 23.9 Å². The van der Waals surface area contributed by atoms with Gasteiger partial charge in [-0.3, -0.25) is 14.8 Å². The second kappa shape index (κ2) is 7.56. The standard InChI is InChI=1S/C19H21F2N5O/c20-16-6-5-13(8-17(16)21)3-4-14-2-1-7-25(10-14)11-15-9-18(27)26-19(24-15)22-12-23-26/h5-6,8-9,12,14H,1-4,7,10-11H2,(H,22,23,24). The van der Waals surface area contributed by atoms with Crippen LogP contribution in [0.3, 0.4) is 0 Å². The molecule has 3 aromatic rings. The van der Waals surface area contributed by atoms with Crippen molar-refractivity contribution in [3.8, 4) is 0 Å². The van der Waals surface area contributed by atoms with Crippen LogP contribution in [-0.4, -0.2) is 37.6 Å². The molecule has 1 N–H and O–H groups in total.